The summed E-state index contributed by atoms with van der Waals surface area (Å²) in [7, 11) is 0. The maximum Gasteiger partial charge on any atom is 0.255 e. The number of rotatable bonds is 7. The topological polar surface area (TPSA) is 71.8 Å². The van der Waals surface area contributed by atoms with Crippen LogP contribution in [-0.2, 0) is 6.54 Å². The van der Waals surface area contributed by atoms with E-state index in [0.29, 0.717) is 11.6 Å². The van der Waals surface area contributed by atoms with Gasteiger partial charge in [-0.2, -0.15) is 5.10 Å². The fourth-order valence-electron chi connectivity index (χ4n) is 4.38. The largest absolute Gasteiger partial charge is 0.381 e. The Morgan fingerprint density at radius 2 is 1.90 bits per heavy atom. The number of pyridine rings is 1. The molecule has 0 unspecified atom stereocenters. The minimum absolute atomic E-state index is 0.0321. The van der Waals surface area contributed by atoms with E-state index in [2.05, 4.69) is 46.7 Å². The van der Waals surface area contributed by atoms with Crippen molar-refractivity contribution in [1.29, 1.82) is 0 Å². The van der Waals surface area contributed by atoms with E-state index in [9.17, 15) is 4.79 Å². The second-order valence-electron chi connectivity index (χ2n) is 8.07. The first kappa shape index (κ1) is 20.4. The standard InChI is InChI=1S/C24H31N5O/c1-3-21(17-11-7-5-8-12-17)28-24(30)20-15-25-23-19(16-26-29(23)4-2)22(20)27-18-13-9-6-10-14-18/h5,7-8,11-12,15-16,18,21H,3-4,6,9-10,13-14H2,1-2H3,(H,25,27)(H,28,30)/t21-/m1/s1. The molecule has 3 aromatic rings. The fourth-order valence-corrected chi connectivity index (χ4v) is 4.38. The van der Waals surface area contributed by atoms with Gasteiger partial charge in [0.2, 0.25) is 0 Å². The number of fused-ring (bicyclic) bond motifs is 1. The van der Waals surface area contributed by atoms with Crippen LogP contribution in [0.5, 0.6) is 0 Å². The summed E-state index contributed by atoms with van der Waals surface area (Å²) < 4.78 is 1.88. The third-order valence-electron chi connectivity index (χ3n) is 6.08. The van der Waals surface area contributed by atoms with Gasteiger partial charge in [0.1, 0.15) is 0 Å². The Morgan fingerprint density at radius 1 is 1.13 bits per heavy atom. The lowest BCUT2D eigenvalue weighted by atomic mass is 9.95. The van der Waals surface area contributed by atoms with Crippen molar-refractivity contribution >= 4 is 22.6 Å². The van der Waals surface area contributed by atoms with Gasteiger partial charge in [-0.3, -0.25) is 4.79 Å². The van der Waals surface area contributed by atoms with Crippen molar-refractivity contribution in [2.45, 2.75) is 71.0 Å². The van der Waals surface area contributed by atoms with Gasteiger partial charge in [0, 0.05) is 18.8 Å². The average Bonchev–Trinajstić information content (AvgIpc) is 3.22. The molecular weight excluding hydrogens is 374 g/mol. The molecule has 0 spiro atoms. The summed E-state index contributed by atoms with van der Waals surface area (Å²) in [5, 5.41) is 12.3. The van der Waals surface area contributed by atoms with Crippen molar-refractivity contribution in [2.24, 2.45) is 0 Å². The van der Waals surface area contributed by atoms with E-state index in [1.54, 1.807) is 6.20 Å². The van der Waals surface area contributed by atoms with Gasteiger partial charge in [0.25, 0.3) is 5.91 Å². The minimum atomic E-state index is -0.0948. The van der Waals surface area contributed by atoms with Crippen LogP contribution >= 0.6 is 0 Å². The number of benzene rings is 1. The molecule has 1 aliphatic rings. The van der Waals surface area contributed by atoms with E-state index in [4.69, 9.17) is 0 Å². The molecule has 2 heterocycles. The minimum Gasteiger partial charge on any atom is -0.381 e. The quantitative estimate of drug-likeness (QED) is 0.575. The van der Waals surface area contributed by atoms with Crippen molar-refractivity contribution in [2.75, 3.05) is 5.32 Å². The zero-order valence-electron chi connectivity index (χ0n) is 17.9. The fraction of sp³-hybridized carbons (Fsp3) is 0.458. The van der Waals surface area contributed by atoms with E-state index < -0.39 is 0 Å². The predicted molar refractivity (Wildman–Crippen MR) is 121 cm³/mol. The number of nitrogens with zero attached hydrogens (tertiary/aromatic N) is 3. The molecule has 2 N–H and O–H groups in total. The third kappa shape index (κ3) is 4.18. The Kier molecular flexibility index (Phi) is 6.31. The zero-order valence-corrected chi connectivity index (χ0v) is 17.9. The second kappa shape index (κ2) is 9.28. The normalized spacial score (nSPS) is 15.8. The summed E-state index contributed by atoms with van der Waals surface area (Å²) in [6.45, 7) is 4.89. The van der Waals surface area contributed by atoms with E-state index >= 15 is 0 Å². The highest BCUT2D eigenvalue weighted by Gasteiger charge is 2.23. The van der Waals surface area contributed by atoms with Crippen molar-refractivity contribution in [3.8, 4) is 0 Å². The lowest BCUT2D eigenvalue weighted by Crippen LogP contribution is -2.30. The molecule has 30 heavy (non-hydrogen) atoms. The number of carbonyl (C=O) groups is 1. The number of hydrogen-bond donors (Lipinski definition) is 2. The van der Waals surface area contributed by atoms with Crippen molar-refractivity contribution in [3.05, 3.63) is 53.9 Å². The van der Waals surface area contributed by atoms with Crippen molar-refractivity contribution < 1.29 is 4.79 Å². The van der Waals surface area contributed by atoms with Crippen LogP contribution in [-0.4, -0.2) is 26.7 Å². The monoisotopic (exact) mass is 405 g/mol. The van der Waals surface area contributed by atoms with Crippen LogP contribution in [0.2, 0.25) is 0 Å². The Balaban J connectivity index is 1.67. The Labute approximate surface area is 178 Å². The van der Waals surface area contributed by atoms with Crippen LogP contribution in [0, 0.1) is 0 Å². The molecule has 0 bridgehead atoms. The highest BCUT2D eigenvalue weighted by molar-refractivity contribution is 6.06. The van der Waals surface area contributed by atoms with Crippen LogP contribution in [0.3, 0.4) is 0 Å². The van der Waals surface area contributed by atoms with Gasteiger partial charge in [-0.1, -0.05) is 56.5 Å². The van der Waals surface area contributed by atoms with Gasteiger partial charge in [0.05, 0.1) is 28.9 Å². The molecule has 2 aromatic heterocycles. The number of aromatic nitrogens is 3. The molecule has 1 saturated carbocycles. The first-order valence-electron chi connectivity index (χ1n) is 11.2. The van der Waals surface area contributed by atoms with Crippen LogP contribution in [0.1, 0.15) is 74.3 Å². The zero-order chi connectivity index (χ0) is 20.9. The van der Waals surface area contributed by atoms with Crippen LogP contribution in [0.4, 0.5) is 5.69 Å². The summed E-state index contributed by atoms with van der Waals surface area (Å²) >= 11 is 0. The number of hydrogen-bond acceptors (Lipinski definition) is 4. The Morgan fingerprint density at radius 3 is 2.60 bits per heavy atom. The SMILES string of the molecule is CC[C@@H](NC(=O)c1cnc2c(cnn2CC)c1NC1CCCCC1)c1ccccc1. The maximum atomic E-state index is 13.4. The number of amides is 1. The van der Waals surface area contributed by atoms with Gasteiger partial charge >= 0.3 is 0 Å². The van der Waals surface area contributed by atoms with E-state index in [1.807, 2.05) is 29.1 Å². The molecule has 0 radical (unpaired) electrons. The smallest absolute Gasteiger partial charge is 0.255 e. The first-order chi connectivity index (χ1) is 14.7. The third-order valence-corrected chi connectivity index (χ3v) is 6.08. The van der Waals surface area contributed by atoms with Gasteiger partial charge in [0.15, 0.2) is 5.65 Å². The lowest BCUT2D eigenvalue weighted by Gasteiger charge is -2.26. The van der Waals surface area contributed by atoms with Crippen LogP contribution in [0.25, 0.3) is 11.0 Å². The molecular formula is C24H31N5O. The number of aryl methyl sites for hydroxylation is 1. The molecule has 158 valence electrons. The molecule has 1 aliphatic carbocycles. The Hall–Kier alpha value is -2.89. The molecule has 0 saturated heterocycles. The molecule has 6 nitrogen and oxygen atoms in total. The molecule has 4 rings (SSSR count). The van der Waals surface area contributed by atoms with Crippen LogP contribution in [0.15, 0.2) is 42.7 Å². The summed E-state index contributed by atoms with van der Waals surface area (Å²) in [6.07, 6.45) is 10.4. The van der Waals surface area contributed by atoms with E-state index in [1.165, 1.54) is 19.3 Å². The average molecular weight is 406 g/mol. The summed E-state index contributed by atoms with van der Waals surface area (Å²) in [4.78, 5) is 17.9. The summed E-state index contributed by atoms with van der Waals surface area (Å²) in [6, 6.07) is 10.5. The molecule has 1 atom stereocenters. The first-order valence-corrected chi connectivity index (χ1v) is 11.2. The van der Waals surface area contributed by atoms with Crippen LogP contribution < -0.4 is 10.6 Å². The maximum absolute atomic E-state index is 13.4. The second-order valence-corrected chi connectivity index (χ2v) is 8.07. The van der Waals surface area contributed by atoms with Crippen molar-refractivity contribution in [1.82, 2.24) is 20.1 Å². The van der Waals surface area contributed by atoms with Gasteiger partial charge < -0.3 is 10.6 Å². The Bertz CT molecular complexity index is 992. The highest BCUT2D eigenvalue weighted by atomic mass is 16.1. The van der Waals surface area contributed by atoms with E-state index in [-0.39, 0.29) is 11.9 Å². The predicted octanol–water partition coefficient (Wildman–Crippen LogP) is 5.08. The summed E-state index contributed by atoms with van der Waals surface area (Å²) in [5.74, 6) is -0.0948. The van der Waals surface area contributed by atoms with Gasteiger partial charge in [-0.15, -0.1) is 0 Å². The van der Waals surface area contributed by atoms with Gasteiger partial charge in [-0.05, 0) is 31.7 Å². The van der Waals surface area contributed by atoms with E-state index in [0.717, 1.165) is 48.1 Å². The summed E-state index contributed by atoms with van der Waals surface area (Å²) in [5.41, 5.74) is 3.40. The van der Waals surface area contributed by atoms with Gasteiger partial charge in [-0.25, -0.2) is 9.67 Å². The molecule has 1 fully saturated rings. The molecule has 1 amide bonds. The highest BCUT2D eigenvalue weighted by Crippen LogP contribution is 2.30. The molecule has 6 heteroatoms. The number of carbonyl (C=O) groups excluding carboxylic acids is 1. The number of anilines is 1. The molecule has 0 aliphatic heterocycles. The molecule has 1 aromatic carbocycles. The number of nitrogens with one attached hydrogen (secondary N) is 2. The lowest BCUT2D eigenvalue weighted by molar-refractivity contribution is 0.0936. The van der Waals surface area contributed by atoms with Crippen molar-refractivity contribution in [3.63, 3.8) is 0 Å².